The quantitative estimate of drug-likeness (QED) is 0.471. The number of ether oxygens (including phenoxy) is 2. The predicted octanol–water partition coefficient (Wildman–Crippen LogP) is 1.86. The van der Waals surface area contributed by atoms with Gasteiger partial charge in [0, 0.05) is 7.11 Å². The van der Waals surface area contributed by atoms with Gasteiger partial charge in [0.1, 0.15) is 6.61 Å². The Bertz CT molecular complexity index is 143. The summed E-state index contributed by atoms with van der Waals surface area (Å²) in [6.07, 6.45) is 0.881. The molecule has 1 atom stereocenters. The molecule has 0 radical (unpaired) electrons. The van der Waals surface area contributed by atoms with Gasteiger partial charge in [-0.05, 0) is 12.3 Å². The minimum absolute atomic E-state index is 0.00291. The molecule has 0 N–H and O–H groups in total. The Hall–Kier alpha value is -0.570. The van der Waals surface area contributed by atoms with Crippen molar-refractivity contribution >= 4 is 5.97 Å². The highest BCUT2D eigenvalue weighted by Crippen LogP contribution is 2.12. The van der Waals surface area contributed by atoms with Crippen molar-refractivity contribution < 1.29 is 14.3 Å². The molecule has 0 saturated heterocycles. The van der Waals surface area contributed by atoms with Crippen molar-refractivity contribution in [1.82, 2.24) is 0 Å². The number of esters is 1. The molecule has 78 valence electrons. The van der Waals surface area contributed by atoms with Gasteiger partial charge in [0.15, 0.2) is 0 Å². The summed E-state index contributed by atoms with van der Waals surface area (Å²) < 4.78 is 9.76. The minimum Gasteiger partial charge on any atom is -0.463 e. The van der Waals surface area contributed by atoms with Crippen LogP contribution in [-0.2, 0) is 14.3 Å². The third-order valence-corrected chi connectivity index (χ3v) is 1.76. The Morgan fingerprint density at radius 3 is 2.31 bits per heavy atom. The molecule has 0 bridgehead atoms. The van der Waals surface area contributed by atoms with Crippen molar-refractivity contribution in [2.24, 2.45) is 11.8 Å². The SMILES string of the molecule is COCCOC(=O)C(C)CC(C)C. The van der Waals surface area contributed by atoms with Crippen LogP contribution in [0.25, 0.3) is 0 Å². The number of rotatable bonds is 6. The topological polar surface area (TPSA) is 35.5 Å². The number of carbonyl (C=O) groups is 1. The average Bonchev–Trinajstić information content (AvgIpc) is 2.03. The van der Waals surface area contributed by atoms with E-state index in [-0.39, 0.29) is 11.9 Å². The zero-order valence-corrected chi connectivity index (χ0v) is 9.00. The van der Waals surface area contributed by atoms with Gasteiger partial charge in [-0.25, -0.2) is 0 Å². The molecule has 0 rings (SSSR count). The van der Waals surface area contributed by atoms with E-state index in [1.54, 1.807) is 7.11 Å². The van der Waals surface area contributed by atoms with Crippen molar-refractivity contribution in [3.63, 3.8) is 0 Å². The number of hydrogen-bond acceptors (Lipinski definition) is 3. The average molecular weight is 188 g/mol. The van der Waals surface area contributed by atoms with Gasteiger partial charge < -0.3 is 9.47 Å². The standard InChI is InChI=1S/C10H20O3/c1-8(2)7-9(3)10(11)13-6-5-12-4/h8-9H,5-7H2,1-4H3. The maximum atomic E-state index is 11.3. The second kappa shape index (κ2) is 6.89. The van der Waals surface area contributed by atoms with Crippen molar-refractivity contribution in [3.05, 3.63) is 0 Å². The lowest BCUT2D eigenvalue weighted by atomic mass is 9.99. The van der Waals surface area contributed by atoms with E-state index in [9.17, 15) is 4.79 Å². The fourth-order valence-corrected chi connectivity index (χ4v) is 1.17. The molecule has 3 nitrogen and oxygen atoms in total. The van der Waals surface area contributed by atoms with Crippen LogP contribution in [0, 0.1) is 11.8 Å². The van der Waals surface area contributed by atoms with E-state index in [2.05, 4.69) is 13.8 Å². The van der Waals surface area contributed by atoms with Gasteiger partial charge >= 0.3 is 5.97 Å². The first-order chi connectivity index (χ1) is 6.07. The maximum Gasteiger partial charge on any atom is 0.308 e. The highest BCUT2D eigenvalue weighted by Gasteiger charge is 2.15. The Labute approximate surface area is 80.4 Å². The zero-order valence-electron chi connectivity index (χ0n) is 9.00. The molecule has 0 fully saturated rings. The first-order valence-electron chi connectivity index (χ1n) is 4.73. The molecule has 0 heterocycles. The van der Waals surface area contributed by atoms with Crippen LogP contribution in [0.2, 0.25) is 0 Å². The van der Waals surface area contributed by atoms with Crippen LogP contribution in [-0.4, -0.2) is 26.3 Å². The van der Waals surface area contributed by atoms with E-state index in [4.69, 9.17) is 9.47 Å². The van der Waals surface area contributed by atoms with Crippen molar-refractivity contribution in [3.8, 4) is 0 Å². The van der Waals surface area contributed by atoms with Gasteiger partial charge in [-0.3, -0.25) is 4.79 Å². The zero-order chi connectivity index (χ0) is 10.3. The van der Waals surface area contributed by atoms with Crippen LogP contribution in [0.3, 0.4) is 0 Å². The molecule has 0 aromatic rings. The Balaban J connectivity index is 3.57. The van der Waals surface area contributed by atoms with Crippen LogP contribution in [0.15, 0.2) is 0 Å². The first kappa shape index (κ1) is 12.4. The van der Waals surface area contributed by atoms with Crippen molar-refractivity contribution in [2.45, 2.75) is 27.2 Å². The predicted molar refractivity (Wildman–Crippen MR) is 51.5 cm³/mol. The largest absolute Gasteiger partial charge is 0.463 e. The van der Waals surface area contributed by atoms with Gasteiger partial charge in [0.25, 0.3) is 0 Å². The third kappa shape index (κ3) is 6.58. The highest BCUT2D eigenvalue weighted by atomic mass is 16.6. The lowest BCUT2D eigenvalue weighted by Crippen LogP contribution is -2.18. The Morgan fingerprint density at radius 2 is 1.85 bits per heavy atom. The lowest BCUT2D eigenvalue weighted by Gasteiger charge is -2.12. The molecule has 0 aromatic heterocycles. The van der Waals surface area contributed by atoms with Gasteiger partial charge in [0.05, 0.1) is 12.5 Å². The molecule has 3 heteroatoms. The second-order valence-corrected chi connectivity index (χ2v) is 3.69. The number of hydrogen-bond donors (Lipinski definition) is 0. The molecule has 0 aromatic carbocycles. The summed E-state index contributed by atoms with van der Waals surface area (Å²) in [6, 6.07) is 0. The van der Waals surface area contributed by atoms with E-state index < -0.39 is 0 Å². The molecule has 0 aliphatic heterocycles. The Morgan fingerprint density at radius 1 is 1.23 bits per heavy atom. The molecule has 1 unspecified atom stereocenters. The monoisotopic (exact) mass is 188 g/mol. The fraction of sp³-hybridized carbons (Fsp3) is 0.900. The van der Waals surface area contributed by atoms with Crippen LogP contribution in [0.1, 0.15) is 27.2 Å². The smallest absolute Gasteiger partial charge is 0.308 e. The summed E-state index contributed by atoms with van der Waals surface area (Å²) in [4.78, 5) is 11.3. The third-order valence-electron chi connectivity index (χ3n) is 1.76. The van der Waals surface area contributed by atoms with Gasteiger partial charge in [-0.15, -0.1) is 0 Å². The van der Waals surface area contributed by atoms with E-state index in [0.717, 1.165) is 6.42 Å². The van der Waals surface area contributed by atoms with Gasteiger partial charge in [-0.2, -0.15) is 0 Å². The molecular weight excluding hydrogens is 168 g/mol. The van der Waals surface area contributed by atoms with E-state index in [1.165, 1.54) is 0 Å². The molecule has 0 saturated carbocycles. The van der Waals surface area contributed by atoms with Crippen LogP contribution >= 0.6 is 0 Å². The van der Waals surface area contributed by atoms with Crippen LogP contribution in [0.5, 0.6) is 0 Å². The second-order valence-electron chi connectivity index (χ2n) is 3.69. The van der Waals surface area contributed by atoms with E-state index >= 15 is 0 Å². The molecule has 13 heavy (non-hydrogen) atoms. The molecule has 0 aliphatic rings. The fourth-order valence-electron chi connectivity index (χ4n) is 1.17. The van der Waals surface area contributed by atoms with E-state index in [1.807, 2.05) is 6.92 Å². The lowest BCUT2D eigenvalue weighted by molar-refractivity contribution is -0.149. The molecule has 0 aliphatic carbocycles. The highest BCUT2D eigenvalue weighted by molar-refractivity contribution is 5.71. The van der Waals surface area contributed by atoms with Crippen molar-refractivity contribution in [1.29, 1.82) is 0 Å². The van der Waals surface area contributed by atoms with Gasteiger partial charge in [0.2, 0.25) is 0 Å². The maximum absolute atomic E-state index is 11.3. The van der Waals surface area contributed by atoms with Crippen LogP contribution < -0.4 is 0 Å². The minimum atomic E-state index is -0.120. The van der Waals surface area contributed by atoms with Crippen LogP contribution in [0.4, 0.5) is 0 Å². The Kier molecular flexibility index (Phi) is 6.59. The normalized spacial score (nSPS) is 13.0. The summed E-state index contributed by atoms with van der Waals surface area (Å²) in [7, 11) is 1.59. The van der Waals surface area contributed by atoms with Crippen molar-refractivity contribution in [2.75, 3.05) is 20.3 Å². The van der Waals surface area contributed by atoms with Gasteiger partial charge in [-0.1, -0.05) is 20.8 Å². The summed E-state index contributed by atoms with van der Waals surface area (Å²) >= 11 is 0. The summed E-state index contributed by atoms with van der Waals surface area (Å²) in [5, 5.41) is 0. The molecular formula is C10H20O3. The summed E-state index contributed by atoms with van der Waals surface area (Å²) in [5.41, 5.74) is 0. The summed E-state index contributed by atoms with van der Waals surface area (Å²) in [5.74, 6) is 0.410. The molecule has 0 amide bonds. The first-order valence-corrected chi connectivity index (χ1v) is 4.73. The molecule has 0 spiro atoms. The number of methoxy groups -OCH3 is 1. The summed E-state index contributed by atoms with van der Waals surface area (Å²) in [6.45, 7) is 6.92. The number of carbonyl (C=O) groups excluding carboxylic acids is 1. The van der Waals surface area contributed by atoms with E-state index in [0.29, 0.717) is 19.1 Å².